The molecule has 0 radical (unpaired) electrons. The summed E-state index contributed by atoms with van der Waals surface area (Å²) in [5, 5.41) is 11.3. The van der Waals surface area contributed by atoms with Crippen LogP contribution >= 0.6 is 11.7 Å². The van der Waals surface area contributed by atoms with E-state index in [2.05, 4.69) is 57.3 Å². The lowest BCUT2D eigenvalue weighted by molar-refractivity contribution is 0.567. The van der Waals surface area contributed by atoms with Crippen molar-refractivity contribution in [2.45, 2.75) is 30.6 Å². The predicted octanol–water partition coefficient (Wildman–Crippen LogP) is 3.42. The third-order valence-corrected chi connectivity index (χ3v) is 8.19. The summed E-state index contributed by atoms with van der Waals surface area (Å²) >= 11 is 4.56. The Hall–Kier alpha value is -1.48. The van der Waals surface area contributed by atoms with Crippen molar-refractivity contribution < 1.29 is 4.21 Å². The van der Waals surface area contributed by atoms with Gasteiger partial charge in [-0.15, -0.1) is 0 Å². The Balaban J connectivity index is 1.44. The van der Waals surface area contributed by atoms with Gasteiger partial charge in [0.05, 0.1) is 0 Å². The molecule has 5 nitrogen and oxygen atoms in total. The van der Waals surface area contributed by atoms with E-state index in [4.69, 9.17) is 5.73 Å². The summed E-state index contributed by atoms with van der Waals surface area (Å²) in [5.74, 6) is 0. The largest absolute Gasteiger partial charge is 0.330 e. The summed E-state index contributed by atoms with van der Waals surface area (Å²) in [6.45, 7) is 5.38. The number of nitrogens with two attached hydrogens (primary N) is 1. The maximum absolute atomic E-state index is 13.4. The van der Waals surface area contributed by atoms with E-state index < -0.39 is 9.15 Å². The second-order valence-electron chi connectivity index (χ2n) is 7.88. The minimum atomic E-state index is -2.95. The monoisotopic (exact) mass is 460 g/mol. The molecule has 170 valence electrons. The van der Waals surface area contributed by atoms with Gasteiger partial charge in [-0.2, -0.15) is 0 Å². The number of benzene rings is 3. The zero-order chi connectivity index (χ0) is 21.9. The van der Waals surface area contributed by atoms with Crippen molar-refractivity contribution >= 4 is 42.4 Å². The van der Waals surface area contributed by atoms with Gasteiger partial charge in [0.15, 0.2) is 0 Å². The molecule has 0 amide bonds. The van der Waals surface area contributed by atoms with Gasteiger partial charge in [0.25, 0.3) is 0 Å². The molecule has 0 aliphatic carbocycles. The van der Waals surface area contributed by atoms with E-state index >= 15 is 0 Å². The van der Waals surface area contributed by atoms with Crippen LogP contribution in [0.5, 0.6) is 0 Å². The Kier molecular flexibility index (Phi) is 9.77. The first-order chi connectivity index (χ1) is 15.1. The van der Waals surface area contributed by atoms with Gasteiger partial charge in [-0.1, -0.05) is 48.1 Å². The Morgan fingerprint density at radius 3 is 2.06 bits per heavy atom. The molecule has 3 rings (SSSR count). The summed E-state index contributed by atoms with van der Waals surface area (Å²) in [6, 6.07) is 18.5. The fourth-order valence-electron chi connectivity index (χ4n) is 3.72. The Morgan fingerprint density at radius 2 is 1.35 bits per heavy atom. The lowest BCUT2D eigenvalue weighted by Crippen LogP contribution is -2.29. The fourth-order valence-corrected chi connectivity index (χ4v) is 5.98. The van der Waals surface area contributed by atoms with Crippen molar-refractivity contribution in [3.63, 3.8) is 0 Å². The van der Waals surface area contributed by atoms with Crippen LogP contribution in [0.15, 0.2) is 59.5 Å². The molecule has 0 atom stereocenters. The van der Waals surface area contributed by atoms with Gasteiger partial charge in [-0.05, 0) is 98.2 Å². The van der Waals surface area contributed by atoms with Crippen LogP contribution in [0.25, 0.3) is 21.5 Å². The third kappa shape index (κ3) is 7.27. The first-order valence-corrected chi connectivity index (χ1v) is 14.1. The number of rotatable bonds is 14. The summed E-state index contributed by atoms with van der Waals surface area (Å²) in [7, 11) is -2.95. The Bertz CT molecular complexity index is 1010. The van der Waals surface area contributed by atoms with Crippen LogP contribution in [-0.4, -0.2) is 43.5 Å². The van der Waals surface area contributed by atoms with E-state index in [1.807, 2.05) is 24.3 Å². The number of fused-ring (bicyclic) bond motifs is 2. The van der Waals surface area contributed by atoms with Gasteiger partial charge in [0.2, 0.25) is 0 Å². The molecule has 0 bridgehead atoms. The molecule has 5 N–H and O–H groups in total. The van der Waals surface area contributed by atoms with Crippen molar-refractivity contribution in [3.05, 3.63) is 54.6 Å². The number of thiol groups is 2. The summed E-state index contributed by atoms with van der Waals surface area (Å²) in [6.07, 6.45) is 4.26. The zero-order valence-corrected chi connectivity index (χ0v) is 19.9. The molecule has 0 saturated carbocycles. The second-order valence-corrected chi connectivity index (χ2v) is 11.5. The van der Waals surface area contributed by atoms with Gasteiger partial charge in [0.1, 0.15) is 0 Å². The topological polar surface area (TPSA) is 79.2 Å². The summed E-state index contributed by atoms with van der Waals surface area (Å²) < 4.78 is 16.6. The molecule has 0 heterocycles. The normalized spacial score (nSPS) is 12.6. The smallest absolute Gasteiger partial charge is 0.0439 e. The minimum Gasteiger partial charge on any atom is -0.330 e. The van der Waals surface area contributed by atoms with Crippen molar-refractivity contribution in [2.75, 3.05) is 39.3 Å². The number of nitrogens with one attached hydrogen (secondary N) is 3. The van der Waals surface area contributed by atoms with Gasteiger partial charge >= 0.3 is 0 Å². The van der Waals surface area contributed by atoms with Gasteiger partial charge in [-0.3, -0.25) is 4.21 Å². The minimum absolute atomic E-state index is 0.665. The van der Waals surface area contributed by atoms with E-state index in [0.29, 0.717) is 6.54 Å². The molecular weight excluding hydrogens is 424 g/mol. The molecular formula is C24H36N4OS2. The van der Waals surface area contributed by atoms with Crippen molar-refractivity contribution in [2.24, 2.45) is 5.73 Å². The standard InChI is InChI=1S/C24H36N4OS2/c25-12-6-15-26-13-3-4-14-27-16-7-17-28-31(29,30)24-11-5-10-22-18-20-8-1-2-9-21(20)19-23(22)24/h1-2,5,8-11,18-19,26-27,31H,3-4,6-7,12-17,25H2,(H2,28,29,30). The van der Waals surface area contributed by atoms with Gasteiger partial charge < -0.3 is 16.4 Å². The highest BCUT2D eigenvalue weighted by Crippen LogP contribution is 2.31. The first-order valence-electron chi connectivity index (χ1n) is 11.2. The lowest BCUT2D eigenvalue weighted by Gasteiger charge is -2.22. The number of hydrogen-bond acceptors (Lipinski definition) is 4. The first kappa shape index (κ1) is 24.2. The molecule has 0 fully saturated rings. The molecule has 7 heteroatoms. The van der Waals surface area contributed by atoms with Crippen molar-refractivity contribution in [3.8, 4) is 0 Å². The summed E-state index contributed by atoms with van der Waals surface area (Å²) in [4.78, 5) is 0.786. The number of hydrogen-bond donors (Lipinski definition) is 6. The average Bonchev–Trinajstić information content (AvgIpc) is 2.78. The van der Waals surface area contributed by atoms with E-state index in [-0.39, 0.29) is 0 Å². The Morgan fingerprint density at radius 1 is 0.742 bits per heavy atom. The van der Waals surface area contributed by atoms with Gasteiger partial charge in [-0.25, -0.2) is 4.72 Å². The van der Waals surface area contributed by atoms with E-state index in [1.54, 1.807) is 0 Å². The highest BCUT2D eigenvalue weighted by molar-refractivity contribution is 8.68. The Labute approximate surface area is 191 Å². The average molecular weight is 461 g/mol. The SMILES string of the molecule is NCCCNCCCCNCCCN[SH](=O)(S)c1cccc2cc3ccccc3cc12. The molecule has 31 heavy (non-hydrogen) atoms. The third-order valence-electron chi connectivity index (χ3n) is 5.42. The van der Waals surface area contributed by atoms with Crippen LogP contribution in [-0.2, 0) is 9.15 Å². The molecule has 0 aliphatic heterocycles. The van der Waals surface area contributed by atoms with Crippen LogP contribution in [0.4, 0.5) is 0 Å². The van der Waals surface area contributed by atoms with Crippen LogP contribution < -0.4 is 21.1 Å². The second kappa shape index (κ2) is 12.5. The quantitative estimate of drug-likeness (QED) is 0.0964. The molecule has 0 saturated heterocycles. The fraction of sp³-hybridized carbons (Fsp3) is 0.417. The summed E-state index contributed by atoms with van der Waals surface area (Å²) in [5.41, 5.74) is 5.48. The van der Waals surface area contributed by atoms with Crippen molar-refractivity contribution in [1.82, 2.24) is 15.4 Å². The maximum atomic E-state index is 13.4. The molecule has 3 aromatic carbocycles. The highest BCUT2D eigenvalue weighted by atomic mass is 33.1. The molecule has 0 aliphatic rings. The maximum Gasteiger partial charge on any atom is 0.0439 e. The van der Waals surface area contributed by atoms with E-state index in [9.17, 15) is 4.21 Å². The number of unbranched alkanes of at least 4 members (excludes halogenated alkanes) is 1. The van der Waals surface area contributed by atoms with Crippen LogP contribution in [0.3, 0.4) is 0 Å². The van der Waals surface area contributed by atoms with Crippen LogP contribution in [0, 0.1) is 0 Å². The lowest BCUT2D eigenvalue weighted by atomic mass is 10.0. The van der Waals surface area contributed by atoms with Crippen LogP contribution in [0.2, 0.25) is 0 Å². The van der Waals surface area contributed by atoms with E-state index in [1.165, 1.54) is 5.39 Å². The van der Waals surface area contributed by atoms with E-state index in [0.717, 1.165) is 79.5 Å². The molecule has 0 aromatic heterocycles. The molecule has 0 unspecified atom stereocenters. The van der Waals surface area contributed by atoms with Gasteiger partial charge in [0, 0.05) is 20.6 Å². The zero-order valence-electron chi connectivity index (χ0n) is 18.1. The predicted molar refractivity (Wildman–Crippen MR) is 140 cm³/mol. The van der Waals surface area contributed by atoms with Crippen LogP contribution in [0.1, 0.15) is 25.7 Å². The molecule has 3 aromatic rings. The highest BCUT2D eigenvalue weighted by Gasteiger charge is 2.15. The van der Waals surface area contributed by atoms with Crippen molar-refractivity contribution in [1.29, 1.82) is 0 Å². The molecule has 0 spiro atoms.